The first-order valence-corrected chi connectivity index (χ1v) is 12.7. The maximum absolute atomic E-state index is 13.0. The number of benzene rings is 3. The van der Waals surface area contributed by atoms with Crippen molar-refractivity contribution in [1.82, 2.24) is 10.3 Å². The second-order valence-corrected chi connectivity index (χ2v) is 8.96. The summed E-state index contributed by atoms with van der Waals surface area (Å²) in [4.78, 5) is 26.0. The maximum Gasteiger partial charge on any atom is 0.322 e. The number of methoxy groups -OCH3 is 2. The van der Waals surface area contributed by atoms with E-state index < -0.39 is 35.6 Å². The predicted octanol–water partition coefficient (Wildman–Crippen LogP) is 5.85. The third-order valence-corrected chi connectivity index (χ3v) is 6.11. The van der Waals surface area contributed by atoms with E-state index in [1.165, 1.54) is 5.56 Å². The highest BCUT2D eigenvalue weighted by Gasteiger charge is 2.19. The van der Waals surface area contributed by atoms with E-state index in [0.717, 1.165) is 63.0 Å². The van der Waals surface area contributed by atoms with Crippen molar-refractivity contribution in [3.05, 3.63) is 88.6 Å². The van der Waals surface area contributed by atoms with Crippen molar-refractivity contribution in [2.75, 3.05) is 27.4 Å². The maximum atomic E-state index is 13.0. The highest BCUT2D eigenvalue weighted by atomic mass is 19.1. The fourth-order valence-electron chi connectivity index (χ4n) is 4.15. The lowest BCUT2D eigenvalue weighted by Gasteiger charge is -2.17. The third-order valence-electron chi connectivity index (χ3n) is 6.11. The molecule has 0 aliphatic rings. The zero-order valence-corrected chi connectivity index (χ0v) is 23.5. The lowest BCUT2D eigenvalue weighted by atomic mass is 9.96. The largest absolute Gasteiger partial charge is 0.496 e. The number of aliphatic carboxylic acids is 1. The van der Waals surface area contributed by atoms with Crippen molar-refractivity contribution in [2.45, 2.75) is 27.4 Å². The summed E-state index contributed by atoms with van der Waals surface area (Å²) in [6.45, 7) is 6.59. The molecule has 0 saturated heterocycles. The normalized spacial score (nSPS) is 10.5. The van der Waals surface area contributed by atoms with Gasteiger partial charge in [0.1, 0.15) is 35.2 Å². The van der Waals surface area contributed by atoms with E-state index in [0.29, 0.717) is 13.2 Å². The van der Waals surface area contributed by atoms with E-state index in [9.17, 15) is 18.4 Å². The molecule has 2 N–H and O–H groups in total. The smallest absolute Gasteiger partial charge is 0.322 e. The Morgan fingerprint density at radius 2 is 1.59 bits per heavy atom. The number of carboxylic acids is 1. The summed E-state index contributed by atoms with van der Waals surface area (Å²) in [6.07, 6.45) is 0. The van der Waals surface area contributed by atoms with Crippen LogP contribution in [0.25, 0.3) is 22.0 Å². The summed E-state index contributed by atoms with van der Waals surface area (Å²) in [7, 11) is 3.36. The van der Waals surface area contributed by atoms with Gasteiger partial charge in [0.05, 0.1) is 31.9 Å². The quantitative estimate of drug-likeness (QED) is 0.262. The van der Waals surface area contributed by atoms with Crippen LogP contribution >= 0.6 is 0 Å². The van der Waals surface area contributed by atoms with Crippen molar-refractivity contribution in [3.63, 3.8) is 0 Å². The number of nitrogens with zero attached hydrogens (tertiary/aromatic N) is 1. The van der Waals surface area contributed by atoms with Gasteiger partial charge in [-0.2, -0.15) is 0 Å². The molecule has 8 nitrogen and oxygen atoms in total. The number of carbonyl (C=O) groups excluding carboxylic acids is 1. The van der Waals surface area contributed by atoms with Crippen LogP contribution in [-0.2, 0) is 16.1 Å². The van der Waals surface area contributed by atoms with Crippen LogP contribution in [0.1, 0.15) is 34.1 Å². The highest BCUT2D eigenvalue weighted by Crippen LogP contribution is 2.42. The molecule has 0 fully saturated rings. The SMILES string of the molecule is CCOCc1cc(OC)c(-c2ccc(C)c3ccc(C)nc23)c(OC)c1.O=C(O)CNC(=O)c1c(F)cccc1F. The minimum absolute atomic E-state index is 0.523. The molecule has 0 unspecified atom stereocenters. The Morgan fingerprint density at radius 3 is 2.15 bits per heavy atom. The number of carbonyl (C=O) groups is 2. The van der Waals surface area contributed by atoms with Crippen LogP contribution in [0, 0.1) is 25.5 Å². The molecule has 0 aliphatic carbocycles. The molecular formula is C31H32F2N2O6. The lowest BCUT2D eigenvalue weighted by molar-refractivity contribution is -0.135. The molecule has 216 valence electrons. The van der Waals surface area contributed by atoms with Crippen LogP contribution < -0.4 is 14.8 Å². The van der Waals surface area contributed by atoms with Crippen LogP contribution in [-0.4, -0.2) is 49.3 Å². The number of aromatic nitrogens is 1. The fourth-order valence-corrected chi connectivity index (χ4v) is 4.15. The molecule has 0 bridgehead atoms. The molecule has 3 aromatic carbocycles. The number of fused-ring (bicyclic) bond motifs is 1. The average molecular weight is 567 g/mol. The molecule has 4 rings (SSSR count). The first-order chi connectivity index (χ1) is 19.6. The number of rotatable bonds is 9. The van der Waals surface area contributed by atoms with Crippen LogP contribution in [0.15, 0.2) is 54.6 Å². The Labute approximate surface area is 236 Å². The van der Waals surface area contributed by atoms with E-state index in [4.69, 9.17) is 24.3 Å². The Bertz CT molecular complexity index is 1510. The number of ether oxygens (including phenoxy) is 3. The topological polar surface area (TPSA) is 107 Å². The van der Waals surface area contributed by atoms with Crippen molar-refractivity contribution in [3.8, 4) is 22.6 Å². The van der Waals surface area contributed by atoms with Gasteiger partial charge in [-0.15, -0.1) is 0 Å². The van der Waals surface area contributed by atoms with Gasteiger partial charge in [0.15, 0.2) is 0 Å². The van der Waals surface area contributed by atoms with Gasteiger partial charge in [-0.3, -0.25) is 14.6 Å². The summed E-state index contributed by atoms with van der Waals surface area (Å²) in [6, 6.07) is 15.3. The standard InChI is InChI=1S/C22H25NO3.C9H7F2NO3/c1-6-26-13-16-11-19(24-4)21(20(12-16)25-5)18-9-7-14(2)17-10-8-15(3)23-22(17)18;10-5-2-1-3-6(11)8(5)9(15)12-4-7(13)14/h7-12H,6,13H2,1-5H3;1-3H,4H2,(H,12,15)(H,13,14). The Kier molecular flexibility index (Phi) is 10.7. The molecule has 0 atom stereocenters. The fraction of sp³-hybridized carbons (Fsp3) is 0.258. The number of aryl methyl sites for hydroxylation is 2. The molecule has 0 spiro atoms. The minimum Gasteiger partial charge on any atom is -0.496 e. The third kappa shape index (κ3) is 7.55. The van der Waals surface area contributed by atoms with E-state index in [2.05, 4.69) is 25.1 Å². The molecule has 1 amide bonds. The van der Waals surface area contributed by atoms with Crippen molar-refractivity contribution in [1.29, 1.82) is 0 Å². The monoisotopic (exact) mass is 566 g/mol. The first-order valence-electron chi connectivity index (χ1n) is 12.7. The van der Waals surface area contributed by atoms with E-state index in [-0.39, 0.29) is 0 Å². The molecule has 4 aromatic rings. The zero-order valence-electron chi connectivity index (χ0n) is 23.5. The molecule has 0 saturated carbocycles. The van der Waals surface area contributed by atoms with Gasteiger partial charge >= 0.3 is 5.97 Å². The highest BCUT2D eigenvalue weighted by molar-refractivity contribution is 5.99. The van der Waals surface area contributed by atoms with Gasteiger partial charge in [-0.05, 0) is 62.2 Å². The summed E-state index contributed by atoms with van der Waals surface area (Å²) in [5.41, 5.74) is 5.30. The van der Waals surface area contributed by atoms with Crippen LogP contribution in [0.3, 0.4) is 0 Å². The summed E-state index contributed by atoms with van der Waals surface area (Å²) < 4.78 is 42.9. The van der Waals surface area contributed by atoms with Crippen LogP contribution in [0.5, 0.6) is 11.5 Å². The number of nitrogens with one attached hydrogen (secondary N) is 1. The molecule has 41 heavy (non-hydrogen) atoms. The van der Waals surface area contributed by atoms with Gasteiger partial charge in [-0.25, -0.2) is 8.78 Å². The Hall–Kier alpha value is -4.57. The predicted molar refractivity (Wildman–Crippen MR) is 151 cm³/mol. The number of carboxylic acid groups (broad SMARTS) is 1. The first kappa shape index (κ1) is 31.0. The summed E-state index contributed by atoms with van der Waals surface area (Å²) in [5, 5.41) is 11.2. The molecule has 1 heterocycles. The molecule has 1 aromatic heterocycles. The van der Waals surface area contributed by atoms with Crippen molar-refractivity contribution in [2.24, 2.45) is 0 Å². The second kappa shape index (κ2) is 14.2. The van der Waals surface area contributed by atoms with Crippen LogP contribution in [0.4, 0.5) is 8.78 Å². The van der Waals surface area contributed by atoms with Gasteiger partial charge < -0.3 is 24.6 Å². The zero-order chi connectivity index (χ0) is 30.1. The van der Waals surface area contributed by atoms with Crippen molar-refractivity contribution >= 4 is 22.8 Å². The average Bonchev–Trinajstić information content (AvgIpc) is 2.95. The van der Waals surface area contributed by atoms with E-state index >= 15 is 0 Å². The van der Waals surface area contributed by atoms with Gasteiger partial charge in [0, 0.05) is 23.3 Å². The molecule has 10 heteroatoms. The Morgan fingerprint density at radius 1 is 0.951 bits per heavy atom. The van der Waals surface area contributed by atoms with Crippen molar-refractivity contribution < 1.29 is 37.7 Å². The van der Waals surface area contributed by atoms with E-state index in [1.807, 2.05) is 37.4 Å². The van der Waals surface area contributed by atoms with Gasteiger partial charge in [-0.1, -0.05) is 24.3 Å². The summed E-state index contributed by atoms with van der Waals surface area (Å²) in [5.74, 6) is -2.93. The molecular weight excluding hydrogens is 534 g/mol. The molecule has 0 aliphatic heterocycles. The number of hydrogen-bond acceptors (Lipinski definition) is 6. The second-order valence-electron chi connectivity index (χ2n) is 8.96. The Balaban J connectivity index is 0.000000263. The number of halogens is 2. The van der Waals surface area contributed by atoms with E-state index in [1.54, 1.807) is 14.2 Å². The number of pyridine rings is 1. The summed E-state index contributed by atoms with van der Waals surface area (Å²) >= 11 is 0. The lowest BCUT2D eigenvalue weighted by Crippen LogP contribution is -2.30. The number of hydrogen-bond donors (Lipinski definition) is 2. The minimum atomic E-state index is -1.29. The number of amides is 1. The van der Waals surface area contributed by atoms with Crippen LogP contribution in [0.2, 0.25) is 0 Å². The van der Waals surface area contributed by atoms with Gasteiger partial charge in [0.25, 0.3) is 5.91 Å². The molecule has 0 radical (unpaired) electrons. The van der Waals surface area contributed by atoms with Gasteiger partial charge in [0.2, 0.25) is 0 Å².